The second kappa shape index (κ2) is 7.17. The van der Waals surface area contributed by atoms with Gasteiger partial charge in [-0.05, 0) is 32.3 Å². The maximum absolute atomic E-state index is 12.8. The lowest BCUT2D eigenvalue weighted by molar-refractivity contribution is -0.149. The van der Waals surface area contributed by atoms with E-state index in [0.29, 0.717) is 24.8 Å². The molecule has 3 rings (SSSR count). The Morgan fingerprint density at radius 1 is 1.46 bits per heavy atom. The number of ether oxygens (including phenoxy) is 2. The maximum Gasteiger partial charge on any atom is 0.237 e. The molecule has 1 aromatic heterocycles. The third-order valence-electron chi connectivity index (χ3n) is 4.44. The van der Waals surface area contributed by atoms with Crippen molar-refractivity contribution < 1.29 is 19.1 Å². The van der Waals surface area contributed by atoms with E-state index in [4.69, 9.17) is 9.47 Å². The first-order valence-electron chi connectivity index (χ1n) is 8.42. The number of amides is 1. The lowest BCUT2D eigenvalue weighted by Crippen LogP contribution is -2.48. The smallest absolute Gasteiger partial charge is 0.237 e. The quantitative estimate of drug-likeness (QED) is 0.845. The second-order valence-corrected chi connectivity index (χ2v) is 6.05. The lowest BCUT2D eigenvalue weighted by Gasteiger charge is -2.34. The molecule has 2 unspecified atom stereocenters. The Labute approximate surface area is 141 Å². The minimum atomic E-state index is -0.780. The molecule has 1 N–H and O–H groups in total. The zero-order chi connectivity index (χ0) is 17.1. The van der Waals surface area contributed by atoms with Crippen LogP contribution in [0.1, 0.15) is 36.7 Å². The Kier molecular flexibility index (Phi) is 4.99. The summed E-state index contributed by atoms with van der Waals surface area (Å²) in [6.07, 6.45) is 2.60. The maximum atomic E-state index is 12.8. The number of carbonyl (C=O) groups is 2. The van der Waals surface area contributed by atoms with Gasteiger partial charge in [0.15, 0.2) is 5.78 Å². The fourth-order valence-electron chi connectivity index (χ4n) is 3.09. The molecule has 0 aromatic carbocycles. The molecule has 0 bridgehead atoms. The van der Waals surface area contributed by atoms with Crippen LogP contribution in [0.15, 0.2) is 12.1 Å². The average molecular weight is 333 g/mol. The number of nitrogens with one attached hydrogen (secondary N) is 1. The van der Waals surface area contributed by atoms with E-state index in [2.05, 4.69) is 10.3 Å². The van der Waals surface area contributed by atoms with Gasteiger partial charge in [0.05, 0.1) is 12.3 Å². The number of hydrogen-bond acceptors (Lipinski definition) is 6. The van der Waals surface area contributed by atoms with Gasteiger partial charge in [-0.25, -0.2) is 4.98 Å². The number of Topliss-reactive ketones (excluding diaryl/α,β-unsaturated/α-hetero) is 1. The fourth-order valence-corrected chi connectivity index (χ4v) is 3.09. The van der Waals surface area contributed by atoms with E-state index in [1.807, 2.05) is 6.92 Å². The van der Waals surface area contributed by atoms with Crippen LogP contribution in [0.2, 0.25) is 0 Å². The minimum Gasteiger partial charge on any atom is -0.478 e. The van der Waals surface area contributed by atoms with Crippen molar-refractivity contribution in [1.29, 1.82) is 0 Å². The number of rotatable bonds is 4. The van der Waals surface area contributed by atoms with Gasteiger partial charge in [0.1, 0.15) is 17.8 Å². The predicted octanol–water partition coefficient (Wildman–Crippen LogP) is 1.69. The monoisotopic (exact) mass is 333 g/mol. The van der Waals surface area contributed by atoms with Crippen LogP contribution >= 0.6 is 0 Å². The first-order valence-corrected chi connectivity index (χ1v) is 8.42. The van der Waals surface area contributed by atoms with Crippen molar-refractivity contribution in [3.05, 3.63) is 17.8 Å². The standard InChI is InChI=1S/C17H23N3O4/c1-3-23-13-8-7-12-15(19-13)16(21)11(10-18-12)17(22)20(2)14-6-4-5-9-24-14/h7-8,11,14,18H,3-6,9-10H2,1-2H3. The number of carbonyl (C=O) groups excluding carboxylic acids is 2. The molecular weight excluding hydrogens is 310 g/mol. The van der Waals surface area contributed by atoms with E-state index in [0.717, 1.165) is 19.3 Å². The average Bonchev–Trinajstić information content (AvgIpc) is 2.62. The van der Waals surface area contributed by atoms with Gasteiger partial charge in [-0.1, -0.05) is 0 Å². The molecule has 0 spiro atoms. The van der Waals surface area contributed by atoms with E-state index in [9.17, 15) is 9.59 Å². The summed E-state index contributed by atoms with van der Waals surface area (Å²) in [7, 11) is 1.70. The van der Waals surface area contributed by atoms with Crippen LogP contribution in [0.4, 0.5) is 5.69 Å². The van der Waals surface area contributed by atoms with Crippen molar-refractivity contribution >= 4 is 17.4 Å². The number of nitrogens with zero attached hydrogens (tertiary/aromatic N) is 2. The molecule has 2 aliphatic heterocycles. The van der Waals surface area contributed by atoms with Gasteiger partial charge in [0.2, 0.25) is 11.8 Å². The van der Waals surface area contributed by atoms with Gasteiger partial charge < -0.3 is 19.7 Å². The van der Waals surface area contributed by atoms with E-state index < -0.39 is 5.92 Å². The van der Waals surface area contributed by atoms with Crippen LogP contribution in [0, 0.1) is 5.92 Å². The number of aromatic nitrogens is 1. The van der Waals surface area contributed by atoms with Crippen molar-refractivity contribution in [3.63, 3.8) is 0 Å². The highest BCUT2D eigenvalue weighted by Gasteiger charge is 2.38. The van der Waals surface area contributed by atoms with Crippen LogP contribution in [0.5, 0.6) is 5.88 Å². The number of anilines is 1. The largest absolute Gasteiger partial charge is 0.478 e. The van der Waals surface area contributed by atoms with Crippen molar-refractivity contribution in [3.8, 4) is 5.88 Å². The van der Waals surface area contributed by atoms with Crippen molar-refractivity contribution in [2.75, 3.05) is 32.1 Å². The van der Waals surface area contributed by atoms with Crippen LogP contribution in [0.3, 0.4) is 0 Å². The third-order valence-corrected chi connectivity index (χ3v) is 4.44. The van der Waals surface area contributed by atoms with E-state index in [1.54, 1.807) is 24.1 Å². The Bertz CT molecular complexity index is 628. The van der Waals surface area contributed by atoms with E-state index >= 15 is 0 Å². The fraction of sp³-hybridized carbons (Fsp3) is 0.588. The van der Waals surface area contributed by atoms with Gasteiger partial charge in [-0.3, -0.25) is 9.59 Å². The molecule has 1 amide bonds. The Morgan fingerprint density at radius 3 is 3.00 bits per heavy atom. The number of hydrogen-bond donors (Lipinski definition) is 1. The third kappa shape index (κ3) is 3.21. The van der Waals surface area contributed by atoms with Gasteiger partial charge in [0, 0.05) is 26.3 Å². The lowest BCUT2D eigenvalue weighted by atomic mass is 9.94. The van der Waals surface area contributed by atoms with Crippen LogP contribution < -0.4 is 10.1 Å². The van der Waals surface area contributed by atoms with Gasteiger partial charge >= 0.3 is 0 Å². The zero-order valence-electron chi connectivity index (χ0n) is 14.1. The molecule has 2 aliphatic rings. The Hall–Kier alpha value is -2.15. The SMILES string of the molecule is CCOc1ccc2c(n1)C(=O)C(C(=O)N(C)C1CCCCO1)CN2. The van der Waals surface area contributed by atoms with Gasteiger partial charge in [-0.15, -0.1) is 0 Å². The topological polar surface area (TPSA) is 80.8 Å². The molecule has 0 saturated carbocycles. The van der Waals surface area contributed by atoms with Crippen LogP contribution in [-0.4, -0.2) is 54.6 Å². The van der Waals surface area contributed by atoms with Gasteiger partial charge in [0.25, 0.3) is 0 Å². The summed E-state index contributed by atoms with van der Waals surface area (Å²) < 4.78 is 11.0. The summed E-state index contributed by atoms with van der Waals surface area (Å²) in [6, 6.07) is 3.48. The van der Waals surface area contributed by atoms with Crippen LogP contribution in [0.25, 0.3) is 0 Å². The van der Waals surface area contributed by atoms with Crippen LogP contribution in [-0.2, 0) is 9.53 Å². The van der Waals surface area contributed by atoms with E-state index in [1.165, 1.54) is 0 Å². The molecule has 1 fully saturated rings. The molecule has 0 aliphatic carbocycles. The van der Waals surface area contributed by atoms with Crippen molar-refractivity contribution in [2.45, 2.75) is 32.4 Å². The summed E-state index contributed by atoms with van der Waals surface area (Å²) in [5.41, 5.74) is 0.910. The highest BCUT2D eigenvalue weighted by Crippen LogP contribution is 2.27. The van der Waals surface area contributed by atoms with Gasteiger partial charge in [-0.2, -0.15) is 0 Å². The second-order valence-electron chi connectivity index (χ2n) is 6.05. The molecule has 7 nitrogen and oxygen atoms in total. The molecule has 0 radical (unpaired) electrons. The number of ketones is 1. The highest BCUT2D eigenvalue weighted by atomic mass is 16.5. The Balaban J connectivity index is 1.76. The molecule has 24 heavy (non-hydrogen) atoms. The summed E-state index contributed by atoms with van der Waals surface area (Å²) in [5.74, 6) is -0.882. The summed E-state index contributed by atoms with van der Waals surface area (Å²) in [4.78, 5) is 31.3. The number of pyridine rings is 1. The Morgan fingerprint density at radius 2 is 2.29 bits per heavy atom. The van der Waals surface area contributed by atoms with Crippen molar-refractivity contribution in [1.82, 2.24) is 9.88 Å². The summed E-state index contributed by atoms with van der Waals surface area (Å²) >= 11 is 0. The molecule has 1 aromatic rings. The molecular formula is C17H23N3O4. The highest BCUT2D eigenvalue weighted by molar-refractivity contribution is 6.13. The van der Waals surface area contributed by atoms with Crippen molar-refractivity contribution in [2.24, 2.45) is 5.92 Å². The predicted molar refractivity (Wildman–Crippen MR) is 88.1 cm³/mol. The first kappa shape index (κ1) is 16.7. The minimum absolute atomic E-state index is 0.228. The van der Waals surface area contributed by atoms with E-state index in [-0.39, 0.29) is 30.2 Å². The number of fused-ring (bicyclic) bond motifs is 1. The molecule has 3 heterocycles. The molecule has 2 atom stereocenters. The normalized spacial score (nSPS) is 23.2. The molecule has 7 heteroatoms. The summed E-state index contributed by atoms with van der Waals surface area (Å²) in [5, 5.41) is 3.12. The first-order chi connectivity index (χ1) is 11.6. The zero-order valence-corrected chi connectivity index (χ0v) is 14.1. The summed E-state index contributed by atoms with van der Waals surface area (Å²) in [6.45, 7) is 3.25. The molecule has 1 saturated heterocycles. The molecule has 130 valence electrons.